The number of aromatic nitrogens is 2. The number of nitrogens with one attached hydrogen (secondary N) is 1. The van der Waals surface area contributed by atoms with E-state index in [0.29, 0.717) is 29.4 Å². The average molecular weight is 414 g/mol. The van der Waals surface area contributed by atoms with Gasteiger partial charge < -0.3 is 19.4 Å². The number of halogens is 1. The summed E-state index contributed by atoms with van der Waals surface area (Å²) in [5.41, 5.74) is 1.89. The Morgan fingerprint density at radius 2 is 1.79 bits per heavy atom. The Morgan fingerprint density at radius 1 is 1.14 bits per heavy atom. The highest BCUT2D eigenvalue weighted by atomic mass is 35.5. The predicted octanol–water partition coefficient (Wildman–Crippen LogP) is 3.93. The topological polar surface area (TPSA) is 65.4 Å². The van der Waals surface area contributed by atoms with E-state index in [9.17, 15) is 4.79 Å². The summed E-state index contributed by atoms with van der Waals surface area (Å²) in [6, 6.07) is 12.6. The molecule has 0 aliphatic rings. The fourth-order valence-electron chi connectivity index (χ4n) is 3.09. The average Bonchev–Trinajstić information content (AvgIpc) is 3.16. The number of hydrogen-bond acceptors (Lipinski definition) is 4. The first-order chi connectivity index (χ1) is 14.0. The maximum Gasteiger partial charge on any atom is 0.221 e. The number of carbonyl (C=O) groups is 1. The summed E-state index contributed by atoms with van der Waals surface area (Å²) in [6.07, 6.45) is 4.53. The van der Waals surface area contributed by atoms with Crippen molar-refractivity contribution < 1.29 is 14.3 Å². The van der Waals surface area contributed by atoms with E-state index in [4.69, 9.17) is 21.1 Å². The second-order valence-corrected chi connectivity index (χ2v) is 7.11. The first-order valence-corrected chi connectivity index (χ1v) is 9.62. The monoisotopic (exact) mass is 413 g/mol. The van der Waals surface area contributed by atoms with Crippen LogP contribution in [0.25, 0.3) is 0 Å². The van der Waals surface area contributed by atoms with Gasteiger partial charge in [-0.1, -0.05) is 23.7 Å². The number of nitrogens with zero attached hydrogens (tertiary/aromatic N) is 2. The molecule has 1 unspecified atom stereocenters. The molecule has 6 nitrogen and oxygen atoms in total. The lowest BCUT2D eigenvalue weighted by Crippen LogP contribution is -2.31. The van der Waals surface area contributed by atoms with Gasteiger partial charge in [-0.15, -0.1) is 0 Å². The maximum absolute atomic E-state index is 12.7. The normalized spacial score (nSPS) is 11.7. The number of hydrogen-bond donors (Lipinski definition) is 1. The van der Waals surface area contributed by atoms with Crippen molar-refractivity contribution in [3.63, 3.8) is 0 Å². The minimum Gasteiger partial charge on any atom is -0.497 e. The van der Waals surface area contributed by atoms with E-state index in [1.807, 2.05) is 54.2 Å². The van der Waals surface area contributed by atoms with Gasteiger partial charge in [0.05, 0.1) is 14.2 Å². The van der Waals surface area contributed by atoms with Crippen LogP contribution >= 0.6 is 11.6 Å². The van der Waals surface area contributed by atoms with Gasteiger partial charge in [0.1, 0.15) is 23.4 Å². The van der Waals surface area contributed by atoms with Gasteiger partial charge in [-0.05, 0) is 41.8 Å². The van der Waals surface area contributed by atoms with Crippen LogP contribution in [0, 0.1) is 0 Å². The van der Waals surface area contributed by atoms with Crippen molar-refractivity contribution in [2.24, 2.45) is 7.05 Å². The largest absolute Gasteiger partial charge is 0.497 e. The summed E-state index contributed by atoms with van der Waals surface area (Å²) in [5.74, 6) is 1.94. The molecular formula is C22H24ClN3O3. The molecule has 0 saturated heterocycles. The second-order valence-electron chi connectivity index (χ2n) is 6.67. The minimum absolute atomic E-state index is 0.0743. The number of rotatable bonds is 8. The number of aryl methyl sites for hydroxylation is 2. The summed E-state index contributed by atoms with van der Waals surface area (Å²) in [4.78, 5) is 17.2. The Kier molecular flexibility index (Phi) is 6.77. The van der Waals surface area contributed by atoms with E-state index < -0.39 is 6.04 Å². The van der Waals surface area contributed by atoms with Crippen molar-refractivity contribution in [2.45, 2.75) is 18.9 Å². The lowest BCUT2D eigenvalue weighted by atomic mass is 10.0. The van der Waals surface area contributed by atoms with Crippen molar-refractivity contribution >= 4 is 17.5 Å². The van der Waals surface area contributed by atoms with Gasteiger partial charge in [0.25, 0.3) is 0 Å². The Hall–Kier alpha value is -2.99. The van der Waals surface area contributed by atoms with Crippen LogP contribution in [0.15, 0.2) is 54.9 Å². The summed E-state index contributed by atoms with van der Waals surface area (Å²) >= 11 is 5.92. The number of methoxy groups -OCH3 is 2. The predicted molar refractivity (Wildman–Crippen MR) is 113 cm³/mol. The Bertz CT molecular complexity index is 947. The zero-order valence-corrected chi connectivity index (χ0v) is 17.4. The molecule has 3 rings (SSSR count). The van der Waals surface area contributed by atoms with E-state index in [2.05, 4.69) is 10.3 Å². The van der Waals surface area contributed by atoms with E-state index in [1.54, 1.807) is 26.5 Å². The number of amides is 1. The van der Waals surface area contributed by atoms with Crippen LogP contribution in [-0.2, 0) is 18.3 Å². The molecule has 152 valence electrons. The fourth-order valence-corrected chi connectivity index (χ4v) is 3.22. The number of carbonyl (C=O) groups excluding carboxylic acids is 1. The standard InChI is InChI=1S/C22H24ClN3O3/c1-26-11-10-24-22(26)21(16-12-18(28-2)14-19(13-16)29-3)25-20(27)9-6-15-4-7-17(23)8-5-15/h4-5,7-8,10-14,21H,6,9H2,1-3H3,(H,25,27). The van der Waals surface area contributed by atoms with Crippen molar-refractivity contribution in [1.82, 2.24) is 14.9 Å². The Balaban J connectivity index is 1.82. The van der Waals surface area contributed by atoms with Crippen LogP contribution < -0.4 is 14.8 Å². The van der Waals surface area contributed by atoms with E-state index in [-0.39, 0.29) is 5.91 Å². The van der Waals surface area contributed by atoms with E-state index in [1.165, 1.54) is 0 Å². The molecule has 0 aliphatic carbocycles. The van der Waals surface area contributed by atoms with Crippen LogP contribution in [0.1, 0.15) is 29.4 Å². The molecule has 7 heteroatoms. The van der Waals surface area contributed by atoms with Crippen LogP contribution in [0.5, 0.6) is 11.5 Å². The molecule has 1 amide bonds. The highest BCUT2D eigenvalue weighted by molar-refractivity contribution is 6.30. The Morgan fingerprint density at radius 3 is 2.34 bits per heavy atom. The van der Waals surface area contributed by atoms with Crippen LogP contribution in [0.2, 0.25) is 5.02 Å². The van der Waals surface area contributed by atoms with Gasteiger partial charge in [0, 0.05) is 37.0 Å². The number of ether oxygens (including phenoxy) is 2. The molecule has 1 N–H and O–H groups in total. The van der Waals surface area contributed by atoms with Crippen molar-refractivity contribution in [3.8, 4) is 11.5 Å². The summed E-state index contributed by atoms with van der Waals surface area (Å²) in [6.45, 7) is 0. The van der Waals surface area contributed by atoms with E-state index >= 15 is 0 Å². The Labute approximate surface area is 175 Å². The molecule has 0 bridgehead atoms. The van der Waals surface area contributed by atoms with Gasteiger partial charge in [-0.25, -0.2) is 4.98 Å². The van der Waals surface area contributed by atoms with Crippen molar-refractivity contribution in [1.29, 1.82) is 0 Å². The van der Waals surface area contributed by atoms with Gasteiger partial charge in [-0.2, -0.15) is 0 Å². The molecule has 0 spiro atoms. The first-order valence-electron chi connectivity index (χ1n) is 9.24. The third-order valence-electron chi connectivity index (χ3n) is 4.68. The highest BCUT2D eigenvalue weighted by Crippen LogP contribution is 2.29. The number of imidazole rings is 1. The fraction of sp³-hybridized carbons (Fsp3) is 0.273. The van der Waals surface area contributed by atoms with Crippen LogP contribution in [-0.4, -0.2) is 29.7 Å². The van der Waals surface area contributed by atoms with Gasteiger partial charge in [0.15, 0.2) is 0 Å². The molecule has 0 fully saturated rings. The molecule has 0 aliphatic heterocycles. The lowest BCUT2D eigenvalue weighted by Gasteiger charge is -2.20. The molecule has 29 heavy (non-hydrogen) atoms. The van der Waals surface area contributed by atoms with Crippen LogP contribution in [0.3, 0.4) is 0 Å². The minimum atomic E-state index is -0.434. The summed E-state index contributed by atoms with van der Waals surface area (Å²) in [5, 5.41) is 3.78. The summed E-state index contributed by atoms with van der Waals surface area (Å²) in [7, 11) is 5.09. The van der Waals surface area contributed by atoms with Crippen molar-refractivity contribution in [2.75, 3.05) is 14.2 Å². The molecule has 2 aromatic carbocycles. The molecule has 1 heterocycles. The third-order valence-corrected chi connectivity index (χ3v) is 4.94. The first kappa shape index (κ1) is 20.7. The lowest BCUT2D eigenvalue weighted by molar-refractivity contribution is -0.121. The van der Waals surface area contributed by atoms with Gasteiger partial charge >= 0.3 is 0 Å². The smallest absolute Gasteiger partial charge is 0.221 e. The maximum atomic E-state index is 12.7. The van der Waals surface area contributed by atoms with Gasteiger partial charge in [0.2, 0.25) is 5.91 Å². The molecule has 0 saturated carbocycles. The van der Waals surface area contributed by atoms with Crippen molar-refractivity contribution in [3.05, 3.63) is 76.8 Å². The third kappa shape index (κ3) is 5.29. The molecule has 1 atom stereocenters. The molecule has 1 aromatic heterocycles. The number of benzene rings is 2. The van der Waals surface area contributed by atoms with Gasteiger partial charge in [-0.3, -0.25) is 4.79 Å². The van der Waals surface area contributed by atoms with E-state index in [0.717, 1.165) is 17.0 Å². The second kappa shape index (κ2) is 9.47. The molecular weight excluding hydrogens is 390 g/mol. The summed E-state index contributed by atoms with van der Waals surface area (Å²) < 4.78 is 12.7. The molecule has 0 radical (unpaired) electrons. The zero-order valence-electron chi connectivity index (χ0n) is 16.7. The molecule has 3 aromatic rings. The quantitative estimate of drug-likeness (QED) is 0.607. The SMILES string of the molecule is COc1cc(OC)cc(C(NC(=O)CCc2ccc(Cl)cc2)c2nccn2C)c1. The van der Waals surface area contributed by atoms with Crippen LogP contribution in [0.4, 0.5) is 0 Å². The highest BCUT2D eigenvalue weighted by Gasteiger charge is 2.22. The zero-order chi connectivity index (χ0) is 20.8.